The highest BCUT2D eigenvalue weighted by atomic mass is 127. The van der Waals surface area contributed by atoms with Crippen LogP contribution in [0.3, 0.4) is 0 Å². The van der Waals surface area contributed by atoms with Crippen LogP contribution in [0.5, 0.6) is 0 Å². The summed E-state index contributed by atoms with van der Waals surface area (Å²) in [4.78, 5) is 23.2. The quantitative estimate of drug-likeness (QED) is 0.369. The van der Waals surface area contributed by atoms with Crippen LogP contribution in [0.4, 0.5) is 5.69 Å². The first-order valence-electron chi connectivity index (χ1n) is 9.47. The van der Waals surface area contributed by atoms with Crippen LogP contribution < -0.4 is 15.5 Å². The summed E-state index contributed by atoms with van der Waals surface area (Å²) in [5.41, 5.74) is 3.14. The Bertz CT molecular complexity index is 779. The van der Waals surface area contributed by atoms with Crippen LogP contribution in [0.25, 0.3) is 0 Å². The molecule has 2 aromatic rings. The Labute approximate surface area is 183 Å². The number of aliphatic imine (C=N–C) groups is 1. The van der Waals surface area contributed by atoms with E-state index in [9.17, 15) is 4.79 Å². The number of carbonyl (C=O) groups excluding carboxylic acids is 1. The standard InChI is InChI=1S/C21H27N5O.HI/c1-3-22-21(23-12-11-17-10-9-16(2)24-14-17)25-18-13-20(27)26(15-18)19-7-5-4-6-8-19;/h4-10,14,18H,3,11-13,15H2,1-2H3,(H2,22,23,25);1H. The van der Waals surface area contributed by atoms with Crippen molar-refractivity contribution in [1.82, 2.24) is 15.6 Å². The van der Waals surface area contributed by atoms with E-state index in [1.165, 1.54) is 5.56 Å². The highest BCUT2D eigenvalue weighted by Crippen LogP contribution is 2.20. The molecule has 150 valence electrons. The maximum atomic E-state index is 12.4. The monoisotopic (exact) mass is 493 g/mol. The maximum absolute atomic E-state index is 12.4. The molecule has 3 rings (SSSR count). The van der Waals surface area contributed by atoms with E-state index in [0.29, 0.717) is 19.5 Å². The second kappa shape index (κ2) is 11.0. The molecule has 28 heavy (non-hydrogen) atoms. The van der Waals surface area contributed by atoms with Gasteiger partial charge in [-0.25, -0.2) is 0 Å². The van der Waals surface area contributed by atoms with Crippen molar-refractivity contribution in [2.75, 3.05) is 24.5 Å². The topological polar surface area (TPSA) is 69.6 Å². The minimum absolute atomic E-state index is 0. The van der Waals surface area contributed by atoms with Crippen molar-refractivity contribution in [2.24, 2.45) is 4.99 Å². The molecular formula is C21H28IN5O. The summed E-state index contributed by atoms with van der Waals surface area (Å²) in [7, 11) is 0. The zero-order chi connectivity index (χ0) is 19.1. The highest BCUT2D eigenvalue weighted by molar-refractivity contribution is 14.0. The van der Waals surface area contributed by atoms with Gasteiger partial charge in [0.05, 0.1) is 6.04 Å². The molecular weight excluding hydrogens is 465 g/mol. The average molecular weight is 493 g/mol. The van der Waals surface area contributed by atoms with Crippen molar-refractivity contribution < 1.29 is 4.79 Å². The number of nitrogens with one attached hydrogen (secondary N) is 2. The number of benzene rings is 1. The molecule has 0 spiro atoms. The number of nitrogens with zero attached hydrogens (tertiary/aromatic N) is 3. The molecule has 1 aromatic carbocycles. The molecule has 2 heterocycles. The normalized spacial score (nSPS) is 16.6. The number of aryl methyl sites for hydroxylation is 1. The molecule has 1 aromatic heterocycles. The van der Waals surface area contributed by atoms with E-state index in [1.807, 2.05) is 61.3 Å². The molecule has 1 amide bonds. The van der Waals surface area contributed by atoms with Gasteiger partial charge in [-0.3, -0.25) is 14.8 Å². The summed E-state index contributed by atoms with van der Waals surface area (Å²) in [5.74, 6) is 0.894. The van der Waals surface area contributed by atoms with E-state index in [-0.39, 0.29) is 35.9 Å². The van der Waals surface area contributed by atoms with E-state index in [2.05, 4.69) is 26.7 Å². The van der Waals surface area contributed by atoms with E-state index < -0.39 is 0 Å². The Balaban J connectivity index is 0.00000280. The summed E-state index contributed by atoms with van der Waals surface area (Å²) in [6.07, 6.45) is 3.21. The number of hydrogen-bond donors (Lipinski definition) is 2. The lowest BCUT2D eigenvalue weighted by Gasteiger charge is -2.19. The summed E-state index contributed by atoms with van der Waals surface area (Å²) >= 11 is 0. The predicted molar refractivity (Wildman–Crippen MR) is 124 cm³/mol. The lowest BCUT2D eigenvalue weighted by atomic mass is 10.2. The van der Waals surface area contributed by atoms with Crippen molar-refractivity contribution in [3.63, 3.8) is 0 Å². The number of hydrogen-bond acceptors (Lipinski definition) is 3. The van der Waals surface area contributed by atoms with Crippen molar-refractivity contribution in [3.8, 4) is 0 Å². The lowest BCUT2D eigenvalue weighted by molar-refractivity contribution is -0.117. The zero-order valence-corrected chi connectivity index (χ0v) is 18.7. The van der Waals surface area contributed by atoms with Gasteiger partial charge in [0.1, 0.15) is 0 Å². The van der Waals surface area contributed by atoms with Gasteiger partial charge in [0, 0.05) is 43.6 Å². The van der Waals surface area contributed by atoms with Gasteiger partial charge in [0.25, 0.3) is 0 Å². The van der Waals surface area contributed by atoms with Crippen LogP contribution in [-0.4, -0.2) is 42.5 Å². The van der Waals surface area contributed by atoms with Crippen LogP contribution >= 0.6 is 24.0 Å². The van der Waals surface area contributed by atoms with Gasteiger partial charge < -0.3 is 15.5 Å². The average Bonchev–Trinajstić information content (AvgIpc) is 3.04. The van der Waals surface area contributed by atoms with Gasteiger partial charge >= 0.3 is 0 Å². The fourth-order valence-electron chi connectivity index (χ4n) is 3.12. The molecule has 1 unspecified atom stereocenters. The second-order valence-corrected chi connectivity index (χ2v) is 6.70. The lowest BCUT2D eigenvalue weighted by Crippen LogP contribution is -2.44. The van der Waals surface area contributed by atoms with Gasteiger partial charge in [0.2, 0.25) is 5.91 Å². The molecule has 1 atom stereocenters. The molecule has 0 radical (unpaired) electrons. The van der Waals surface area contributed by atoms with Crippen molar-refractivity contribution in [2.45, 2.75) is 32.7 Å². The summed E-state index contributed by atoms with van der Waals surface area (Å²) in [6, 6.07) is 14.0. The zero-order valence-electron chi connectivity index (χ0n) is 16.4. The van der Waals surface area contributed by atoms with Crippen molar-refractivity contribution >= 4 is 41.5 Å². The van der Waals surface area contributed by atoms with Gasteiger partial charge in [-0.1, -0.05) is 24.3 Å². The number of para-hydroxylation sites is 1. The predicted octanol–water partition coefficient (Wildman–Crippen LogP) is 2.91. The van der Waals surface area contributed by atoms with E-state index in [0.717, 1.165) is 30.3 Å². The Morgan fingerprint density at radius 1 is 1.25 bits per heavy atom. The molecule has 1 saturated heterocycles. The van der Waals surface area contributed by atoms with Gasteiger partial charge in [0.15, 0.2) is 5.96 Å². The third-order valence-electron chi connectivity index (χ3n) is 4.52. The van der Waals surface area contributed by atoms with Crippen molar-refractivity contribution in [1.29, 1.82) is 0 Å². The SMILES string of the molecule is CCNC(=NCCc1ccc(C)nc1)NC1CC(=O)N(c2ccccc2)C1.I. The molecule has 1 aliphatic rings. The van der Waals surface area contributed by atoms with Crippen LogP contribution in [-0.2, 0) is 11.2 Å². The van der Waals surface area contributed by atoms with Crippen LogP contribution in [0, 0.1) is 6.92 Å². The Hall–Kier alpha value is -2.16. The molecule has 6 nitrogen and oxygen atoms in total. The molecule has 1 fully saturated rings. The number of amides is 1. The molecule has 2 N–H and O–H groups in total. The minimum Gasteiger partial charge on any atom is -0.357 e. The molecule has 0 saturated carbocycles. The minimum atomic E-state index is 0. The highest BCUT2D eigenvalue weighted by Gasteiger charge is 2.30. The number of halogens is 1. The first-order valence-corrected chi connectivity index (χ1v) is 9.47. The summed E-state index contributed by atoms with van der Waals surface area (Å²) in [6.45, 7) is 6.12. The summed E-state index contributed by atoms with van der Waals surface area (Å²) < 4.78 is 0. The van der Waals surface area contributed by atoms with Crippen molar-refractivity contribution in [3.05, 3.63) is 59.9 Å². The van der Waals surface area contributed by atoms with Gasteiger partial charge in [-0.2, -0.15) is 0 Å². The summed E-state index contributed by atoms with van der Waals surface area (Å²) in [5, 5.41) is 6.67. The maximum Gasteiger partial charge on any atom is 0.229 e. The number of guanidine groups is 1. The van der Waals surface area contributed by atoms with Gasteiger partial charge in [-0.05, 0) is 44.0 Å². The van der Waals surface area contributed by atoms with E-state index >= 15 is 0 Å². The first kappa shape index (κ1) is 22.1. The third-order valence-corrected chi connectivity index (χ3v) is 4.52. The Morgan fingerprint density at radius 2 is 2.04 bits per heavy atom. The molecule has 0 aliphatic carbocycles. The molecule has 7 heteroatoms. The number of rotatable bonds is 6. The first-order chi connectivity index (χ1) is 13.2. The molecule has 1 aliphatic heterocycles. The van der Waals surface area contributed by atoms with E-state index in [1.54, 1.807) is 0 Å². The molecule has 0 bridgehead atoms. The number of pyridine rings is 1. The number of aromatic nitrogens is 1. The van der Waals surface area contributed by atoms with Crippen LogP contribution in [0.2, 0.25) is 0 Å². The largest absolute Gasteiger partial charge is 0.357 e. The fourth-order valence-corrected chi connectivity index (χ4v) is 3.12. The number of carbonyl (C=O) groups is 1. The Morgan fingerprint density at radius 3 is 2.71 bits per heavy atom. The fraction of sp³-hybridized carbons (Fsp3) is 0.381. The second-order valence-electron chi connectivity index (χ2n) is 6.70. The third kappa shape index (κ3) is 6.19. The van der Waals surface area contributed by atoms with Crippen LogP contribution in [0.15, 0.2) is 53.7 Å². The van der Waals surface area contributed by atoms with Gasteiger partial charge in [-0.15, -0.1) is 24.0 Å². The van der Waals surface area contributed by atoms with Crippen LogP contribution in [0.1, 0.15) is 24.6 Å². The Kier molecular flexibility index (Phi) is 8.69. The smallest absolute Gasteiger partial charge is 0.229 e. The number of anilines is 1. The van der Waals surface area contributed by atoms with E-state index in [4.69, 9.17) is 0 Å².